The number of hydrogen-bond acceptors (Lipinski definition) is 2. The van der Waals surface area contributed by atoms with Crippen LogP contribution in [-0.4, -0.2) is 17.1 Å². The third-order valence-corrected chi connectivity index (χ3v) is 5.25. The summed E-state index contributed by atoms with van der Waals surface area (Å²) in [7, 11) is 0. The smallest absolute Gasteiger partial charge is 0.0496 e. The fraction of sp³-hybridized carbons (Fsp3) is 1.00. The van der Waals surface area contributed by atoms with Gasteiger partial charge in [0.15, 0.2) is 0 Å². The highest BCUT2D eigenvalue weighted by Gasteiger charge is 2.02. The van der Waals surface area contributed by atoms with Crippen LogP contribution >= 0.6 is 23.5 Å². The number of hydrogen-bond donors (Lipinski definition) is 0. The highest BCUT2D eigenvalue weighted by molar-refractivity contribution is 8.16. The lowest BCUT2D eigenvalue weighted by Gasteiger charge is -2.10. The highest BCUT2D eigenvalue weighted by atomic mass is 32.2. The maximum absolute atomic E-state index is 2.28. The van der Waals surface area contributed by atoms with Gasteiger partial charge in [-0.15, -0.1) is 0 Å². The van der Waals surface area contributed by atoms with E-state index >= 15 is 0 Å². The van der Waals surface area contributed by atoms with Crippen LogP contribution in [0.3, 0.4) is 0 Å². The van der Waals surface area contributed by atoms with Gasteiger partial charge in [-0.05, 0) is 18.9 Å². The minimum atomic E-state index is 0.839. The maximum Gasteiger partial charge on any atom is 0.0496 e. The molecule has 0 rings (SSSR count). The average molecular weight is 234 g/mol. The molecule has 0 aromatic carbocycles. The van der Waals surface area contributed by atoms with Gasteiger partial charge in [-0.1, -0.05) is 51.9 Å². The molecule has 86 valence electrons. The second-order valence-corrected chi connectivity index (χ2v) is 6.19. The van der Waals surface area contributed by atoms with E-state index < -0.39 is 0 Å². The quantitative estimate of drug-likeness (QED) is 0.377. The van der Waals surface area contributed by atoms with Crippen LogP contribution < -0.4 is 0 Å². The monoisotopic (exact) mass is 234 g/mol. The molecule has 0 amide bonds. The first-order chi connectivity index (χ1) is 6.85. The third kappa shape index (κ3) is 9.26. The van der Waals surface area contributed by atoms with E-state index in [1.54, 1.807) is 0 Å². The van der Waals surface area contributed by atoms with Gasteiger partial charge in [0.2, 0.25) is 0 Å². The van der Waals surface area contributed by atoms with E-state index in [2.05, 4.69) is 19.4 Å². The summed E-state index contributed by atoms with van der Waals surface area (Å²) in [6.45, 7) is 2.28. The second-order valence-electron chi connectivity index (χ2n) is 3.81. The first-order valence-electron chi connectivity index (χ1n) is 5.90. The zero-order valence-electron chi connectivity index (χ0n) is 10.1. The molecule has 2 heteroatoms. The zero-order valence-corrected chi connectivity index (χ0v) is 11.7. The van der Waals surface area contributed by atoms with Crippen molar-refractivity contribution in [2.75, 3.05) is 12.5 Å². The largest absolute Gasteiger partial charge is 0.151 e. The first kappa shape index (κ1) is 14.7. The Morgan fingerprint density at radius 3 is 1.79 bits per heavy atom. The summed E-state index contributed by atoms with van der Waals surface area (Å²) in [6, 6.07) is 0. The number of unbranched alkanes of at least 4 members (excludes halogenated alkanes) is 6. The standard InChI is InChI=1S/C12H26S2/c1-4-5-6-7-8-9-10-11-12(13-2)14-3/h12H,4-11H2,1-3H3. The van der Waals surface area contributed by atoms with Crippen LogP contribution in [0.5, 0.6) is 0 Å². The minimum absolute atomic E-state index is 0.839. The Morgan fingerprint density at radius 1 is 0.786 bits per heavy atom. The predicted octanol–water partition coefficient (Wildman–Crippen LogP) is 5.18. The summed E-state index contributed by atoms with van der Waals surface area (Å²) in [5.74, 6) is 0. The summed E-state index contributed by atoms with van der Waals surface area (Å²) >= 11 is 4.01. The van der Waals surface area contributed by atoms with E-state index in [0.717, 1.165) is 4.58 Å². The molecule has 0 nitrogen and oxygen atoms in total. The van der Waals surface area contributed by atoms with Gasteiger partial charge in [0.25, 0.3) is 0 Å². The van der Waals surface area contributed by atoms with Gasteiger partial charge in [0, 0.05) is 4.58 Å². The molecular formula is C12H26S2. The van der Waals surface area contributed by atoms with Gasteiger partial charge < -0.3 is 0 Å². The third-order valence-electron chi connectivity index (χ3n) is 2.57. The van der Waals surface area contributed by atoms with Crippen LogP contribution in [0.1, 0.15) is 58.3 Å². The Balaban J connectivity index is 3.04. The van der Waals surface area contributed by atoms with Crippen molar-refractivity contribution in [1.82, 2.24) is 0 Å². The van der Waals surface area contributed by atoms with E-state index in [0.29, 0.717) is 0 Å². The Labute approximate surface area is 99.0 Å². The molecular weight excluding hydrogens is 208 g/mol. The van der Waals surface area contributed by atoms with Gasteiger partial charge in [-0.25, -0.2) is 0 Å². The minimum Gasteiger partial charge on any atom is -0.151 e. The molecule has 0 atom stereocenters. The van der Waals surface area contributed by atoms with Crippen molar-refractivity contribution in [3.63, 3.8) is 0 Å². The molecule has 0 aromatic heterocycles. The topological polar surface area (TPSA) is 0 Å². The summed E-state index contributed by atoms with van der Waals surface area (Å²) < 4.78 is 0.839. The van der Waals surface area contributed by atoms with Crippen molar-refractivity contribution in [2.45, 2.75) is 62.9 Å². The van der Waals surface area contributed by atoms with Crippen LogP contribution in [0, 0.1) is 0 Å². The molecule has 0 N–H and O–H groups in total. The van der Waals surface area contributed by atoms with Crippen molar-refractivity contribution in [3.8, 4) is 0 Å². The molecule has 0 radical (unpaired) electrons. The van der Waals surface area contributed by atoms with Crippen molar-refractivity contribution < 1.29 is 0 Å². The lowest BCUT2D eigenvalue weighted by Crippen LogP contribution is -1.94. The Bertz CT molecular complexity index is 100. The molecule has 0 saturated heterocycles. The summed E-state index contributed by atoms with van der Waals surface area (Å²) in [4.78, 5) is 0. The first-order valence-corrected chi connectivity index (χ1v) is 8.48. The molecule has 0 aromatic rings. The molecule has 0 bridgehead atoms. The van der Waals surface area contributed by atoms with Gasteiger partial charge in [-0.2, -0.15) is 23.5 Å². The fourth-order valence-electron chi connectivity index (χ4n) is 1.60. The van der Waals surface area contributed by atoms with Crippen LogP contribution in [0.4, 0.5) is 0 Å². The van der Waals surface area contributed by atoms with Crippen molar-refractivity contribution >= 4 is 23.5 Å². The summed E-state index contributed by atoms with van der Waals surface area (Å²) in [6.07, 6.45) is 15.9. The van der Waals surface area contributed by atoms with Gasteiger partial charge in [0.05, 0.1) is 0 Å². The van der Waals surface area contributed by atoms with E-state index in [9.17, 15) is 0 Å². The van der Waals surface area contributed by atoms with Crippen LogP contribution in [-0.2, 0) is 0 Å². The maximum atomic E-state index is 2.28. The fourth-order valence-corrected chi connectivity index (χ4v) is 3.17. The SMILES string of the molecule is CCCCCCCCCC(SC)SC. The second kappa shape index (κ2) is 11.8. The summed E-state index contributed by atoms with van der Waals surface area (Å²) in [5.41, 5.74) is 0. The van der Waals surface area contributed by atoms with Crippen LogP contribution in [0.15, 0.2) is 0 Å². The highest BCUT2D eigenvalue weighted by Crippen LogP contribution is 2.24. The Hall–Kier alpha value is 0.700. The Kier molecular flexibility index (Phi) is 12.4. The molecule has 0 aliphatic carbocycles. The molecule has 0 heterocycles. The number of rotatable bonds is 10. The van der Waals surface area contributed by atoms with Crippen molar-refractivity contribution in [3.05, 3.63) is 0 Å². The average Bonchev–Trinajstić information content (AvgIpc) is 2.22. The van der Waals surface area contributed by atoms with E-state index in [4.69, 9.17) is 0 Å². The molecule has 0 unspecified atom stereocenters. The van der Waals surface area contributed by atoms with Gasteiger partial charge in [0.1, 0.15) is 0 Å². The van der Waals surface area contributed by atoms with Crippen molar-refractivity contribution in [1.29, 1.82) is 0 Å². The van der Waals surface area contributed by atoms with Crippen LogP contribution in [0.25, 0.3) is 0 Å². The Morgan fingerprint density at radius 2 is 1.29 bits per heavy atom. The van der Waals surface area contributed by atoms with E-state index in [-0.39, 0.29) is 0 Å². The van der Waals surface area contributed by atoms with E-state index in [1.807, 2.05) is 23.5 Å². The summed E-state index contributed by atoms with van der Waals surface area (Å²) in [5, 5.41) is 0. The van der Waals surface area contributed by atoms with Gasteiger partial charge in [-0.3, -0.25) is 0 Å². The van der Waals surface area contributed by atoms with Crippen LogP contribution in [0.2, 0.25) is 0 Å². The van der Waals surface area contributed by atoms with Gasteiger partial charge >= 0.3 is 0 Å². The lowest BCUT2D eigenvalue weighted by molar-refractivity contribution is 0.584. The molecule has 0 spiro atoms. The molecule has 0 aliphatic rings. The van der Waals surface area contributed by atoms with Crippen molar-refractivity contribution in [2.24, 2.45) is 0 Å². The normalized spacial score (nSPS) is 11.1. The lowest BCUT2D eigenvalue weighted by atomic mass is 10.1. The zero-order chi connectivity index (χ0) is 10.6. The molecule has 0 fully saturated rings. The number of thioether (sulfide) groups is 2. The molecule has 0 saturated carbocycles. The molecule has 0 aliphatic heterocycles. The molecule has 14 heavy (non-hydrogen) atoms. The predicted molar refractivity (Wildman–Crippen MR) is 73.4 cm³/mol. The van der Waals surface area contributed by atoms with E-state index in [1.165, 1.54) is 51.4 Å².